The molecule has 4 nitrogen and oxygen atoms in total. The first kappa shape index (κ1) is 15.0. The molecule has 0 aliphatic rings. The number of aromatic nitrogens is 1. The third-order valence-electron chi connectivity index (χ3n) is 2.36. The molecule has 0 fully saturated rings. The van der Waals surface area contributed by atoms with Crippen molar-refractivity contribution in [1.29, 1.82) is 0 Å². The maximum absolute atomic E-state index is 12.4. The number of halogens is 3. The molecule has 0 aliphatic heterocycles. The van der Waals surface area contributed by atoms with Gasteiger partial charge < -0.3 is 9.47 Å². The fraction of sp³-hybridized carbons (Fsp3) is 0.333. The van der Waals surface area contributed by atoms with E-state index in [9.17, 15) is 22.8 Å². The van der Waals surface area contributed by atoms with E-state index in [1.54, 1.807) is 0 Å². The third kappa shape index (κ3) is 4.27. The van der Waals surface area contributed by atoms with E-state index in [0.29, 0.717) is 4.90 Å². The van der Waals surface area contributed by atoms with E-state index in [0.717, 1.165) is 6.07 Å². The zero-order chi connectivity index (χ0) is 14.6. The predicted molar refractivity (Wildman–Crippen MR) is 63.8 cm³/mol. The molecule has 0 saturated carbocycles. The van der Waals surface area contributed by atoms with Crippen molar-refractivity contribution in [3.63, 3.8) is 0 Å². The molecule has 19 heavy (non-hydrogen) atoms. The van der Waals surface area contributed by atoms with Gasteiger partial charge in [0.15, 0.2) is 0 Å². The van der Waals surface area contributed by atoms with Crippen LogP contribution < -0.4 is 5.56 Å². The second-order valence-corrected chi connectivity index (χ2v) is 3.95. The van der Waals surface area contributed by atoms with E-state index in [2.05, 4.69) is 6.58 Å². The minimum absolute atomic E-state index is 0.0748. The van der Waals surface area contributed by atoms with Crippen molar-refractivity contribution in [2.24, 2.45) is 7.05 Å². The SMILES string of the molecule is C=CCN(CC(F)(F)F)C(=O)c1ccn(C)c(=O)c1. The van der Waals surface area contributed by atoms with E-state index < -0.39 is 24.2 Å². The first-order valence-electron chi connectivity index (χ1n) is 5.38. The van der Waals surface area contributed by atoms with Gasteiger partial charge in [0.25, 0.3) is 11.5 Å². The summed E-state index contributed by atoms with van der Waals surface area (Å²) in [7, 11) is 1.48. The van der Waals surface area contributed by atoms with Crippen LogP contribution in [-0.4, -0.2) is 34.6 Å². The summed E-state index contributed by atoms with van der Waals surface area (Å²) in [6, 6.07) is 2.31. The van der Waals surface area contributed by atoms with E-state index in [4.69, 9.17) is 0 Å². The van der Waals surface area contributed by atoms with Gasteiger partial charge in [-0.1, -0.05) is 6.08 Å². The Morgan fingerprint density at radius 1 is 1.53 bits per heavy atom. The number of hydrogen-bond acceptors (Lipinski definition) is 2. The average Bonchev–Trinajstić information content (AvgIpc) is 2.29. The molecular formula is C12H13F3N2O2. The molecule has 1 amide bonds. The minimum Gasteiger partial charge on any atom is -0.326 e. The van der Waals surface area contributed by atoms with Gasteiger partial charge >= 0.3 is 6.18 Å². The molecule has 0 radical (unpaired) electrons. The second kappa shape index (κ2) is 5.73. The highest BCUT2D eigenvalue weighted by Crippen LogP contribution is 2.17. The lowest BCUT2D eigenvalue weighted by molar-refractivity contribution is -0.139. The highest BCUT2D eigenvalue weighted by atomic mass is 19.4. The van der Waals surface area contributed by atoms with E-state index in [1.807, 2.05) is 0 Å². The van der Waals surface area contributed by atoms with Gasteiger partial charge in [0.1, 0.15) is 6.54 Å². The fourth-order valence-electron chi connectivity index (χ4n) is 1.46. The summed E-state index contributed by atoms with van der Waals surface area (Å²) in [5, 5.41) is 0. The standard InChI is InChI=1S/C12H13F3N2O2/c1-3-5-17(8-12(13,14)15)11(19)9-4-6-16(2)10(18)7-9/h3-4,6-7H,1,5,8H2,2H3. The number of pyridine rings is 1. The van der Waals surface area contributed by atoms with E-state index in [-0.39, 0.29) is 12.1 Å². The Morgan fingerprint density at radius 3 is 2.63 bits per heavy atom. The van der Waals surface area contributed by atoms with Crippen molar-refractivity contribution >= 4 is 5.91 Å². The smallest absolute Gasteiger partial charge is 0.326 e. The van der Waals surface area contributed by atoms with E-state index >= 15 is 0 Å². The van der Waals surface area contributed by atoms with Gasteiger partial charge in [-0.2, -0.15) is 13.2 Å². The maximum atomic E-state index is 12.4. The van der Waals surface area contributed by atoms with Crippen molar-refractivity contribution in [2.45, 2.75) is 6.18 Å². The molecule has 0 aromatic carbocycles. The average molecular weight is 274 g/mol. The number of carbonyl (C=O) groups is 1. The van der Waals surface area contributed by atoms with Crippen LogP contribution in [-0.2, 0) is 7.05 Å². The van der Waals surface area contributed by atoms with Crippen LogP contribution in [0, 0.1) is 0 Å². The number of hydrogen-bond donors (Lipinski definition) is 0. The third-order valence-corrected chi connectivity index (χ3v) is 2.36. The summed E-state index contributed by atoms with van der Waals surface area (Å²) in [4.78, 5) is 23.9. The van der Waals surface area contributed by atoms with Gasteiger partial charge in [-0.25, -0.2) is 0 Å². The molecule has 0 saturated heterocycles. The molecule has 7 heteroatoms. The minimum atomic E-state index is -4.50. The molecule has 104 valence electrons. The number of alkyl halides is 3. The maximum Gasteiger partial charge on any atom is 0.406 e. The monoisotopic (exact) mass is 274 g/mol. The van der Waals surface area contributed by atoms with Gasteiger partial charge in [-0.15, -0.1) is 6.58 Å². The van der Waals surface area contributed by atoms with Gasteiger partial charge in [0, 0.05) is 31.4 Å². The molecule has 1 aromatic heterocycles. The normalized spacial score (nSPS) is 11.2. The quantitative estimate of drug-likeness (QED) is 0.782. The highest BCUT2D eigenvalue weighted by Gasteiger charge is 2.32. The number of carbonyl (C=O) groups excluding carboxylic acids is 1. The number of amides is 1. The summed E-state index contributed by atoms with van der Waals surface area (Å²) >= 11 is 0. The van der Waals surface area contributed by atoms with Crippen molar-refractivity contribution in [2.75, 3.05) is 13.1 Å². The number of nitrogens with zero attached hydrogens (tertiary/aromatic N) is 2. The zero-order valence-corrected chi connectivity index (χ0v) is 10.3. The summed E-state index contributed by atoms with van der Waals surface area (Å²) in [5.41, 5.74) is -0.536. The van der Waals surface area contributed by atoms with Crippen molar-refractivity contribution < 1.29 is 18.0 Å². The molecule has 0 bridgehead atoms. The molecule has 0 unspecified atom stereocenters. The van der Waals surface area contributed by atoms with Crippen LogP contribution in [0.4, 0.5) is 13.2 Å². The largest absolute Gasteiger partial charge is 0.406 e. The lowest BCUT2D eigenvalue weighted by atomic mass is 10.2. The molecule has 0 aliphatic carbocycles. The van der Waals surface area contributed by atoms with Crippen LogP contribution in [0.25, 0.3) is 0 Å². The summed E-state index contributed by atoms with van der Waals surface area (Å²) < 4.78 is 38.3. The van der Waals surface area contributed by atoms with Gasteiger partial charge in [0.05, 0.1) is 0 Å². The van der Waals surface area contributed by atoms with Crippen LogP contribution in [0.3, 0.4) is 0 Å². The van der Waals surface area contributed by atoms with Gasteiger partial charge in [0.2, 0.25) is 0 Å². The summed E-state index contributed by atoms with van der Waals surface area (Å²) in [6.45, 7) is 1.69. The summed E-state index contributed by atoms with van der Waals surface area (Å²) in [6.07, 6.45) is -1.97. The van der Waals surface area contributed by atoms with Crippen molar-refractivity contribution in [3.05, 3.63) is 46.9 Å². The molecule has 0 N–H and O–H groups in total. The molecule has 1 rings (SSSR count). The van der Waals surface area contributed by atoms with E-state index in [1.165, 1.54) is 30.0 Å². The number of aryl methyl sites for hydroxylation is 1. The lowest BCUT2D eigenvalue weighted by Gasteiger charge is -2.22. The Labute approximate surface area is 107 Å². The van der Waals surface area contributed by atoms with Crippen molar-refractivity contribution in [1.82, 2.24) is 9.47 Å². The molecule has 1 heterocycles. The number of rotatable bonds is 4. The Bertz CT molecular complexity index is 535. The Morgan fingerprint density at radius 2 is 2.16 bits per heavy atom. The topological polar surface area (TPSA) is 42.3 Å². The van der Waals surface area contributed by atoms with Crippen LogP contribution in [0.2, 0.25) is 0 Å². The highest BCUT2D eigenvalue weighted by molar-refractivity contribution is 5.94. The van der Waals surface area contributed by atoms with Crippen LogP contribution in [0.15, 0.2) is 35.8 Å². The van der Waals surface area contributed by atoms with Gasteiger partial charge in [-0.3, -0.25) is 9.59 Å². The first-order valence-corrected chi connectivity index (χ1v) is 5.38. The molecule has 1 aromatic rings. The molecule has 0 spiro atoms. The van der Waals surface area contributed by atoms with Crippen LogP contribution in [0.5, 0.6) is 0 Å². The Balaban J connectivity index is 3.01. The van der Waals surface area contributed by atoms with Crippen molar-refractivity contribution in [3.8, 4) is 0 Å². The fourth-order valence-corrected chi connectivity index (χ4v) is 1.46. The van der Waals surface area contributed by atoms with Crippen LogP contribution in [0.1, 0.15) is 10.4 Å². The lowest BCUT2D eigenvalue weighted by Crippen LogP contribution is -2.39. The predicted octanol–water partition coefficient (Wildman–Crippen LogP) is 1.58. The Hall–Kier alpha value is -2.05. The zero-order valence-electron chi connectivity index (χ0n) is 10.3. The molecular weight excluding hydrogens is 261 g/mol. The Kier molecular flexibility index (Phi) is 4.52. The molecule has 0 atom stereocenters. The second-order valence-electron chi connectivity index (χ2n) is 3.95. The first-order chi connectivity index (χ1) is 8.74. The summed E-state index contributed by atoms with van der Waals surface area (Å²) in [5.74, 6) is -0.852. The van der Waals surface area contributed by atoms with Gasteiger partial charge in [-0.05, 0) is 6.07 Å². The van der Waals surface area contributed by atoms with Crippen LogP contribution >= 0.6 is 0 Å².